The van der Waals surface area contributed by atoms with Gasteiger partial charge >= 0.3 is 0 Å². The van der Waals surface area contributed by atoms with Crippen molar-refractivity contribution in [1.82, 2.24) is 4.90 Å². The topological polar surface area (TPSA) is 29.3 Å². The van der Waals surface area contributed by atoms with Crippen LogP contribution in [0.25, 0.3) is 0 Å². The van der Waals surface area contributed by atoms with Gasteiger partial charge in [-0.25, -0.2) is 0 Å². The highest BCUT2D eigenvalue weighted by Crippen LogP contribution is 2.23. The maximum atomic E-state index is 5.53. The fourth-order valence-electron chi connectivity index (χ4n) is 1.61. The first-order valence-electron chi connectivity index (χ1n) is 4.56. The van der Waals surface area contributed by atoms with Crippen molar-refractivity contribution in [2.75, 3.05) is 26.2 Å². The van der Waals surface area contributed by atoms with Gasteiger partial charge in [-0.15, -0.1) is 0 Å². The third-order valence-electron chi connectivity index (χ3n) is 2.42. The predicted octanol–water partition coefficient (Wildman–Crippen LogP) is 1.07. The van der Waals surface area contributed by atoms with Gasteiger partial charge in [-0.1, -0.05) is 13.8 Å². The lowest BCUT2D eigenvalue weighted by Crippen LogP contribution is -2.43. The quantitative estimate of drug-likeness (QED) is 0.659. The molecule has 0 atom stereocenters. The summed E-state index contributed by atoms with van der Waals surface area (Å²) in [7, 11) is 0. The first-order chi connectivity index (χ1) is 5.14. The molecule has 1 aliphatic heterocycles. The van der Waals surface area contributed by atoms with Gasteiger partial charge < -0.3 is 10.6 Å². The Morgan fingerprint density at radius 2 is 2.00 bits per heavy atom. The van der Waals surface area contributed by atoms with E-state index in [-0.39, 0.29) is 0 Å². The van der Waals surface area contributed by atoms with Crippen LogP contribution in [0.5, 0.6) is 0 Å². The average Bonchev–Trinajstić information content (AvgIpc) is 1.79. The Kier molecular flexibility index (Phi) is 2.90. The van der Waals surface area contributed by atoms with Crippen molar-refractivity contribution in [2.24, 2.45) is 11.1 Å². The molecule has 1 aliphatic rings. The zero-order valence-corrected chi connectivity index (χ0v) is 7.77. The average molecular weight is 156 g/mol. The molecule has 0 unspecified atom stereocenters. The minimum absolute atomic E-state index is 0.426. The molecule has 1 heterocycles. The lowest BCUT2D eigenvalue weighted by atomic mass is 9.88. The molecule has 0 amide bonds. The molecule has 2 N–H and O–H groups in total. The molecule has 2 heteroatoms. The van der Waals surface area contributed by atoms with Gasteiger partial charge in [-0.05, 0) is 37.9 Å². The molecule has 11 heavy (non-hydrogen) atoms. The highest BCUT2D eigenvalue weighted by molar-refractivity contribution is 4.78. The SMILES string of the molecule is CC(C)(CCN)CN1CCC1. The van der Waals surface area contributed by atoms with Crippen LogP contribution in [0.3, 0.4) is 0 Å². The van der Waals surface area contributed by atoms with Crippen molar-refractivity contribution < 1.29 is 0 Å². The second kappa shape index (κ2) is 3.55. The minimum atomic E-state index is 0.426. The van der Waals surface area contributed by atoms with E-state index < -0.39 is 0 Å². The van der Waals surface area contributed by atoms with Crippen LogP contribution in [0.2, 0.25) is 0 Å². The van der Waals surface area contributed by atoms with Gasteiger partial charge in [0.2, 0.25) is 0 Å². The highest BCUT2D eigenvalue weighted by atomic mass is 15.2. The third-order valence-corrected chi connectivity index (χ3v) is 2.42. The lowest BCUT2D eigenvalue weighted by molar-refractivity contribution is 0.112. The summed E-state index contributed by atoms with van der Waals surface area (Å²) in [6.07, 6.45) is 2.53. The van der Waals surface area contributed by atoms with E-state index in [0.717, 1.165) is 13.0 Å². The number of nitrogens with two attached hydrogens (primary N) is 1. The van der Waals surface area contributed by atoms with Gasteiger partial charge in [0.25, 0.3) is 0 Å². The van der Waals surface area contributed by atoms with Crippen LogP contribution in [0.1, 0.15) is 26.7 Å². The molecule has 0 radical (unpaired) electrons. The summed E-state index contributed by atoms with van der Waals surface area (Å²) in [6.45, 7) is 9.25. The van der Waals surface area contributed by atoms with E-state index in [2.05, 4.69) is 18.7 Å². The van der Waals surface area contributed by atoms with Crippen molar-refractivity contribution in [3.8, 4) is 0 Å². The van der Waals surface area contributed by atoms with Crippen molar-refractivity contribution in [3.63, 3.8) is 0 Å². The second-order valence-corrected chi connectivity index (χ2v) is 4.33. The maximum Gasteiger partial charge on any atom is 0.00332 e. The molecular formula is C9H20N2. The van der Waals surface area contributed by atoms with Crippen LogP contribution in [-0.4, -0.2) is 31.1 Å². The van der Waals surface area contributed by atoms with Gasteiger partial charge in [0.1, 0.15) is 0 Å². The van der Waals surface area contributed by atoms with E-state index in [4.69, 9.17) is 5.73 Å². The third kappa shape index (κ3) is 2.80. The molecule has 0 spiro atoms. The predicted molar refractivity (Wildman–Crippen MR) is 48.5 cm³/mol. The van der Waals surface area contributed by atoms with Crippen LogP contribution < -0.4 is 5.73 Å². The van der Waals surface area contributed by atoms with Crippen LogP contribution in [0.15, 0.2) is 0 Å². The number of hydrogen-bond donors (Lipinski definition) is 1. The van der Waals surface area contributed by atoms with E-state index in [9.17, 15) is 0 Å². The smallest absolute Gasteiger partial charge is 0.00332 e. The Hall–Kier alpha value is -0.0800. The summed E-state index contributed by atoms with van der Waals surface area (Å²) in [5.74, 6) is 0. The highest BCUT2D eigenvalue weighted by Gasteiger charge is 2.23. The molecule has 0 aromatic rings. The summed E-state index contributed by atoms with van der Waals surface area (Å²) < 4.78 is 0. The molecule has 0 aromatic carbocycles. The molecular weight excluding hydrogens is 136 g/mol. The van der Waals surface area contributed by atoms with Crippen molar-refractivity contribution in [1.29, 1.82) is 0 Å². The standard InChI is InChI=1S/C9H20N2/c1-9(2,4-5-10)8-11-6-3-7-11/h3-8,10H2,1-2H3. The van der Waals surface area contributed by atoms with E-state index in [1.165, 1.54) is 26.1 Å². The van der Waals surface area contributed by atoms with E-state index in [0.29, 0.717) is 5.41 Å². The van der Waals surface area contributed by atoms with Gasteiger partial charge in [-0.3, -0.25) is 0 Å². The van der Waals surface area contributed by atoms with Crippen molar-refractivity contribution in [3.05, 3.63) is 0 Å². The molecule has 0 aromatic heterocycles. The summed E-state index contributed by atoms with van der Waals surface area (Å²) in [6, 6.07) is 0. The summed E-state index contributed by atoms with van der Waals surface area (Å²) in [5, 5.41) is 0. The lowest BCUT2D eigenvalue weighted by Gasteiger charge is -2.37. The van der Waals surface area contributed by atoms with Crippen molar-refractivity contribution >= 4 is 0 Å². The van der Waals surface area contributed by atoms with E-state index >= 15 is 0 Å². The van der Waals surface area contributed by atoms with Crippen LogP contribution >= 0.6 is 0 Å². The van der Waals surface area contributed by atoms with Gasteiger partial charge in [0, 0.05) is 6.54 Å². The van der Waals surface area contributed by atoms with Gasteiger partial charge in [0.15, 0.2) is 0 Å². The van der Waals surface area contributed by atoms with E-state index in [1.54, 1.807) is 0 Å². The molecule has 66 valence electrons. The largest absolute Gasteiger partial charge is 0.330 e. The first-order valence-corrected chi connectivity index (χ1v) is 4.56. The number of likely N-dealkylation sites (tertiary alicyclic amines) is 1. The molecule has 0 bridgehead atoms. The zero-order valence-electron chi connectivity index (χ0n) is 7.77. The zero-order chi connectivity index (χ0) is 8.32. The fraction of sp³-hybridized carbons (Fsp3) is 1.00. The molecule has 1 fully saturated rings. The van der Waals surface area contributed by atoms with Crippen LogP contribution in [-0.2, 0) is 0 Å². The van der Waals surface area contributed by atoms with Gasteiger partial charge in [0.05, 0.1) is 0 Å². The fourth-order valence-corrected chi connectivity index (χ4v) is 1.61. The summed E-state index contributed by atoms with van der Waals surface area (Å²) >= 11 is 0. The first kappa shape index (κ1) is 9.01. The van der Waals surface area contributed by atoms with Gasteiger partial charge in [-0.2, -0.15) is 0 Å². The molecule has 0 aliphatic carbocycles. The number of rotatable bonds is 4. The Balaban J connectivity index is 2.20. The molecule has 1 saturated heterocycles. The van der Waals surface area contributed by atoms with Crippen LogP contribution in [0.4, 0.5) is 0 Å². The molecule has 0 saturated carbocycles. The number of hydrogen-bond acceptors (Lipinski definition) is 2. The molecule has 1 rings (SSSR count). The monoisotopic (exact) mass is 156 g/mol. The molecule has 2 nitrogen and oxygen atoms in total. The van der Waals surface area contributed by atoms with Crippen molar-refractivity contribution in [2.45, 2.75) is 26.7 Å². The summed E-state index contributed by atoms with van der Waals surface area (Å²) in [4.78, 5) is 2.51. The maximum absolute atomic E-state index is 5.53. The van der Waals surface area contributed by atoms with E-state index in [1.807, 2.05) is 0 Å². The normalized spacial score (nSPS) is 19.9. The second-order valence-electron chi connectivity index (χ2n) is 4.33. The Labute approximate surface area is 69.8 Å². The Morgan fingerprint density at radius 3 is 2.36 bits per heavy atom. The Morgan fingerprint density at radius 1 is 1.36 bits per heavy atom. The van der Waals surface area contributed by atoms with Crippen LogP contribution in [0, 0.1) is 5.41 Å². The number of nitrogens with zero attached hydrogens (tertiary/aromatic N) is 1. The summed E-state index contributed by atoms with van der Waals surface area (Å²) in [5.41, 5.74) is 5.96. The Bertz CT molecular complexity index is 117. The minimum Gasteiger partial charge on any atom is -0.330 e.